The van der Waals surface area contributed by atoms with Crippen LogP contribution in [0.5, 0.6) is 0 Å². The minimum atomic E-state index is -1.17. The zero-order chi connectivity index (χ0) is 5.15. The molecule has 0 aromatic rings. The van der Waals surface area contributed by atoms with Gasteiger partial charge in [-0.25, -0.2) is 4.79 Å². The number of carboxylic acids is 1. The van der Waals surface area contributed by atoms with Crippen molar-refractivity contribution in [2.45, 2.75) is 0 Å². The number of aliphatic carboxylic acids is 1. The second kappa shape index (κ2) is 4.65. The number of halogens is 1. The number of carboxylic acid groups (broad SMARTS) is 1. The van der Waals surface area contributed by atoms with E-state index >= 15 is 0 Å². The fourth-order valence-corrected chi connectivity index (χ4v) is 0. The molecule has 2 nitrogen and oxygen atoms in total. The Morgan fingerprint density at radius 3 is 2.00 bits per heavy atom. The monoisotopic (exact) mass is 130 g/mol. The Hall–Kier alpha value is 0.500. The minimum Gasteiger partial charge on any atom is -1.00 e. The van der Waals surface area contributed by atoms with Gasteiger partial charge in [-0.05, 0) is 0 Å². The van der Waals surface area contributed by atoms with Crippen molar-refractivity contribution in [3.63, 3.8) is 0 Å². The maximum atomic E-state index is 9.47. The molecule has 7 heavy (non-hydrogen) atoms. The van der Waals surface area contributed by atoms with Crippen LogP contribution >= 0.6 is 11.6 Å². The van der Waals surface area contributed by atoms with E-state index < -0.39 is 5.97 Å². The van der Waals surface area contributed by atoms with Gasteiger partial charge in [0, 0.05) is 0 Å². The maximum absolute atomic E-state index is 9.47. The molecule has 0 rings (SSSR count). The Morgan fingerprint density at radius 1 is 1.86 bits per heavy atom. The molecule has 0 aromatic heterocycles. The Morgan fingerprint density at radius 2 is 2.00 bits per heavy atom. The Kier molecular flexibility index (Phi) is 6.96. The first-order valence-electron chi connectivity index (χ1n) is 1.22. The molecule has 0 aliphatic heterocycles. The zero-order valence-electron chi connectivity index (χ0n) is 4.94. The first kappa shape index (κ1) is 10.5. The molecule has 0 atom stereocenters. The largest absolute Gasteiger partial charge is 1.00 e. The van der Waals surface area contributed by atoms with E-state index in [1.54, 1.807) is 0 Å². The molecule has 0 unspecified atom stereocenters. The van der Waals surface area contributed by atoms with Crippen LogP contribution in [0.4, 0.5) is 0 Å². The topological polar surface area (TPSA) is 37.3 Å². The number of carbonyl (C=O) groups is 1. The third kappa shape index (κ3) is 6.50. The van der Waals surface area contributed by atoms with Crippen molar-refractivity contribution in [1.82, 2.24) is 0 Å². The molecule has 0 saturated heterocycles. The van der Waals surface area contributed by atoms with Crippen LogP contribution in [-0.2, 0) is 4.79 Å². The predicted octanol–water partition coefficient (Wildman–Crippen LogP) is -2.06. The van der Waals surface area contributed by atoms with E-state index in [1.807, 2.05) is 0 Å². The van der Waals surface area contributed by atoms with E-state index in [0.29, 0.717) is 0 Å². The molecule has 0 fully saturated rings. The van der Waals surface area contributed by atoms with E-state index in [9.17, 15) is 4.79 Å². The summed E-state index contributed by atoms with van der Waals surface area (Å²) >= 11 is 4.82. The van der Waals surface area contributed by atoms with Gasteiger partial charge < -0.3 is 6.53 Å². The summed E-state index contributed by atoms with van der Waals surface area (Å²) in [4.78, 5) is 9.47. The van der Waals surface area contributed by atoms with Gasteiger partial charge in [0.25, 0.3) is 0 Å². The van der Waals surface area contributed by atoms with Crippen LogP contribution < -0.4 is 29.6 Å². The molecule has 1 N–H and O–H groups in total. The van der Waals surface area contributed by atoms with Gasteiger partial charge >= 0.3 is 35.5 Å². The summed E-state index contributed by atoms with van der Waals surface area (Å²) in [5.41, 5.74) is 0. The molecule has 4 heteroatoms. The van der Waals surface area contributed by atoms with Crippen LogP contribution in [0, 0.1) is 0 Å². The molecule has 0 amide bonds. The quantitative estimate of drug-likeness (QED) is 0.328. The Balaban J connectivity index is -0.000000125. The van der Waals surface area contributed by atoms with Gasteiger partial charge in [0.05, 0.1) is 0 Å². The third-order valence-electron chi connectivity index (χ3n) is 0.232. The fourth-order valence-electron chi connectivity index (χ4n) is 0. The van der Waals surface area contributed by atoms with Gasteiger partial charge in [-0.1, -0.05) is 18.2 Å². The van der Waals surface area contributed by atoms with Crippen LogP contribution in [0.15, 0.2) is 11.6 Å². The van der Waals surface area contributed by atoms with Crippen molar-refractivity contribution in [2.24, 2.45) is 0 Å². The zero-order valence-corrected chi connectivity index (χ0v) is 6.70. The maximum Gasteiger partial charge on any atom is 1.00 e. The molecule has 0 aliphatic carbocycles. The van der Waals surface area contributed by atoms with E-state index in [0.717, 1.165) is 0 Å². The van der Waals surface area contributed by atoms with Gasteiger partial charge in [0.15, 0.2) is 0 Å². The molecule has 0 bridgehead atoms. The Labute approximate surface area is 69.9 Å². The number of rotatable bonds is 1. The van der Waals surface area contributed by atoms with Gasteiger partial charge in [-0.2, -0.15) is 0 Å². The molecular formula is C3H4ClNaO2. The SMILES string of the molecule is C=C(Cl)C(=O)O.[H-].[Na+]. The average molecular weight is 131 g/mol. The van der Waals surface area contributed by atoms with Crippen molar-refractivity contribution in [3.05, 3.63) is 11.6 Å². The molecule has 0 heterocycles. The van der Waals surface area contributed by atoms with E-state index in [-0.39, 0.29) is 36.0 Å². The standard InChI is InChI=1S/C3H3ClO2.Na.H/c1-2(4)3(5)6;;/h1H2,(H,5,6);;/q;+1;-1. The van der Waals surface area contributed by atoms with Crippen LogP contribution in [0.3, 0.4) is 0 Å². The summed E-state index contributed by atoms with van der Waals surface area (Å²) in [7, 11) is 0. The average Bonchev–Trinajstić information content (AvgIpc) is 1.36. The Bertz CT molecular complexity index is 83.3. The summed E-state index contributed by atoms with van der Waals surface area (Å²) in [6, 6.07) is 0. The fraction of sp³-hybridized carbons (Fsp3) is 0. The van der Waals surface area contributed by atoms with E-state index in [2.05, 4.69) is 6.58 Å². The molecule has 0 radical (unpaired) electrons. The second-order valence-corrected chi connectivity index (χ2v) is 1.17. The molecule has 0 aliphatic rings. The first-order chi connectivity index (χ1) is 2.64. The molecule has 0 spiro atoms. The summed E-state index contributed by atoms with van der Waals surface area (Å²) in [5, 5.41) is 7.41. The van der Waals surface area contributed by atoms with Crippen molar-refractivity contribution < 1.29 is 40.9 Å². The number of hydrogen-bond acceptors (Lipinski definition) is 1. The molecule has 36 valence electrons. The summed E-state index contributed by atoms with van der Waals surface area (Å²) in [5.74, 6) is -1.17. The first-order valence-corrected chi connectivity index (χ1v) is 1.60. The van der Waals surface area contributed by atoms with Crippen LogP contribution in [0.1, 0.15) is 1.43 Å². The predicted molar refractivity (Wildman–Crippen MR) is 23.7 cm³/mol. The third-order valence-corrected chi connectivity index (χ3v) is 0.394. The van der Waals surface area contributed by atoms with E-state index in [1.165, 1.54) is 0 Å². The summed E-state index contributed by atoms with van der Waals surface area (Å²) in [6.45, 7) is 2.92. The molecular weight excluding hydrogens is 126 g/mol. The van der Waals surface area contributed by atoms with E-state index in [4.69, 9.17) is 16.7 Å². The summed E-state index contributed by atoms with van der Waals surface area (Å²) < 4.78 is 0. The summed E-state index contributed by atoms with van der Waals surface area (Å²) in [6.07, 6.45) is 0. The number of hydrogen-bond donors (Lipinski definition) is 1. The van der Waals surface area contributed by atoms with Gasteiger partial charge in [-0.15, -0.1) is 0 Å². The smallest absolute Gasteiger partial charge is 1.00 e. The second-order valence-electron chi connectivity index (χ2n) is 0.710. The normalized spacial score (nSPS) is 6.43. The molecule has 0 aromatic carbocycles. The van der Waals surface area contributed by atoms with Gasteiger partial charge in [0.1, 0.15) is 5.03 Å². The van der Waals surface area contributed by atoms with Crippen molar-refractivity contribution >= 4 is 17.6 Å². The van der Waals surface area contributed by atoms with Crippen molar-refractivity contribution in [2.75, 3.05) is 0 Å². The van der Waals surface area contributed by atoms with Crippen LogP contribution in [0.2, 0.25) is 0 Å². The van der Waals surface area contributed by atoms with Crippen molar-refractivity contribution in [3.8, 4) is 0 Å². The van der Waals surface area contributed by atoms with Crippen molar-refractivity contribution in [1.29, 1.82) is 0 Å². The van der Waals surface area contributed by atoms with Crippen LogP contribution in [-0.4, -0.2) is 11.1 Å². The van der Waals surface area contributed by atoms with Gasteiger partial charge in [-0.3, -0.25) is 0 Å². The minimum absolute atomic E-state index is 0. The molecule has 0 saturated carbocycles. The van der Waals surface area contributed by atoms with Gasteiger partial charge in [0.2, 0.25) is 0 Å². The van der Waals surface area contributed by atoms with Crippen LogP contribution in [0.25, 0.3) is 0 Å².